The minimum atomic E-state index is -1.61. The molecule has 6 nitrogen and oxygen atoms in total. The predicted octanol–water partition coefficient (Wildman–Crippen LogP) is 1.30. The monoisotopic (exact) mass is 241 g/mol. The van der Waals surface area contributed by atoms with Crippen LogP contribution in [-0.4, -0.2) is 20.2 Å². The van der Waals surface area contributed by atoms with Crippen LogP contribution in [0.1, 0.15) is 0 Å². The van der Waals surface area contributed by atoms with Gasteiger partial charge in [-0.3, -0.25) is 10.1 Å². The van der Waals surface area contributed by atoms with Gasteiger partial charge in [0.05, 0.1) is 15.7 Å². The third-order valence-electron chi connectivity index (χ3n) is 1.61. The zero-order valence-corrected chi connectivity index (χ0v) is 8.72. The van der Waals surface area contributed by atoms with E-state index < -0.39 is 21.7 Å². The Morgan fingerprint density at radius 1 is 1.38 bits per heavy atom. The number of non-ortho nitro benzene ring substituents is 1. The van der Waals surface area contributed by atoms with Crippen LogP contribution in [0.4, 0.5) is 5.69 Å². The average molecular weight is 241 g/mol. The van der Waals surface area contributed by atoms with Crippen LogP contribution in [-0.2, 0) is 15.6 Å². The Balaban J connectivity index is 2.86. The van der Waals surface area contributed by atoms with Crippen molar-refractivity contribution in [3.05, 3.63) is 45.9 Å². The van der Waals surface area contributed by atoms with Gasteiger partial charge in [-0.05, 0) is 12.1 Å². The zero-order chi connectivity index (χ0) is 12.1. The Hall–Kier alpha value is -2.02. The molecule has 0 amide bonds. The maximum atomic E-state index is 11.4. The zero-order valence-electron chi connectivity index (χ0n) is 7.90. The Labute approximate surface area is 92.8 Å². The van der Waals surface area contributed by atoms with Gasteiger partial charge in [0.15, 0.2) is 0 Å². The van der Waals surface area contributed by atoms with Gasteiger partial charge >= 0.3 is 5.97 Å². The second-order valence-electron chi connectivity index (χ2n) is 2.69. The standard InChI is InChI=1S/C9H7NO5S/c11-9(12)5-6-16(15)8-3-1-7(2-4-8)10(13)14/h1-6H,(H,11,12)/b6-5-. The molecule has 84 valence electrons. The summed E-state index contributed by atoms with van der Waals surface area (Å²) in [4.78, 5) is 20.2. The van der Waals surface area contributed by atoms with Gasteiger partial charge in [0.2, 0.25) is 0 Å². The summed E-state index contributed by atoms with van der Waals surface area (Å²) < 4.78 is 11.4. The molecule has 0 radical (unpaired) electrons. The molecule has 1 rings (SSSR count). The number of nitrogens with zero attached hydrogens (tertiary/aromatic N) is 1. The van der Waals surface area contributed by atoms with Crippen LogP contribution in [0.2, 0.25) is 0 Å². The number of rotatable bonds is 4. The Bertz CT molecular complexity index is 465. The van der Waals surface area contributed by atoms with Crippen molar-refractivity contribution in [2.24, 2.45) is 0 Å². The van der Waals surface area contributed by atoms with Crippen molar-refractivity contribution in [2.75, 3.05) is 0 Å². The molecule has 0 heterocycles. The summed E-state index contributed by atoms with van der Waals surface area (Å²) in [6.07, 6.45) is 0.761. The first-order valence-corrected chi connectivity index (χ1v) is 5.28. The third kappa shape index (κ3) is 3.28. The molecule has 0 saturated heterocycles. The van der Waals surface area contributed by atoms with Crippen LogP contribution in [0, 0.1) is 10.1 Å². The van der Waals surface area contributed by atoms with E-state index in [1.165, 1.54) is 24.3 Å². The molecule has 0 fully saturated rings. The molecule has 1 atom stereocenters. The lowest BCUT2D eigenvalue weighted by atomic mass is 10.3. The fourth-order valence-electron chi connectivity index (χ4n) is 0.901. The van der Waals surface area contributed by atoms with Gasteiger partial charge < -0.3 is 5.11 Å². The Kier molecular flexibility index (Phi) is 3.90. The van der Waals surface area contributed by atoms with Crippen LogP contribution >= 0.6 is 0 Å². The lowest BCUT2D eigenvalue weighted by Crippen LogP contribution is -1.92. The summed E-state index contributed by atoms with van der Waals surface area (Å²) in [5, 5.41) is 19.7. The highest BCUT2D eigenvalue weighted by atomic mass is 32.2. The molecule has 0 aliphatic rings. The summed E-state index contributed by atoms with van der Waals surface area (Å²) in [5.41, 5.74) is -0.108. The van der Waals surface area contributed by atoms with Crippen molar-refractivity contribution in [3.63, 3.8) is 0 Å². The lowest BCUT2D eigenvalue weighted by Gasteiger charge is -1.95. The molecule has 1 aromatic rings. The van der Waals surface area contributed by atoms with E-state index >= 15 is 0 Å². The fraction of sp³-hybridized carbons (Fsp3) is 0. The van der Waals surface area contributed by atoms with E-state index in [0.717, 1.165) is 11.5 Å². The predicted molar refractivity (Wildman–Crippen MR) is 56.3 cm³/mol. The van der Waals surface area contributed by atoms with Gasteiger partial charge in [-0.15, -0.1) is 0 Å². The Morgan fingerprint density at radius 2 is 1.94 bits per heavy atom. The molecule has 0 aliphatic heterocycles. The van der Waals surface area contributed by atoms with Crippen molar-refractivity contribution in [2.45, 2.75) is 4.90 Å². The fourth-order valence-corrected chi connectivity index (χ4v) is 1.70. The highest BCUT2D eigenvalue weighted by Gasteiger charge is 2.06. The average Bonchev–Trinajstić information content (AvgIpc) is 2.26. The smallest absolute Gasteiger partial charge is 0.328 e. The molecule has 7 heteroatoms. The van der Waals surface area contributed by atoms with Crippen LogP contribution in [0.25, 0.3) is 0 Å². The minimum Gasteiger partial charge on any atom is -0.478 e. The molecule has 1 aromatic carbocycles. The molecule has 0 bridgehead atoms. The normalized spacial score (nSPS) is 12.5. The van der Waals surface area contributed by atoms with Gasteiger partial charge in [0, 0.05) is 28.5 Å². The number of nitro groups is 1. The lowest BCUT2D eigenvalue weighted by molar-refractivity contribution is -0.384. The van der Waals surface area contributed by atoms with E-state index in [2.05, 4.69) is 0 Å². The molecule has 0 spiro atoms. The largest absolute Gasteiger partial charge is 0.478 e. The molecule has 1 N–H and O–H groups in total. The highest BCUT2D eigenvalue weighted by molar-refractivity contribution is 7.88. The topological polar surface area (TPSA) is 97.5 Å². The number of hydrogen-bond donors (Lipinski definition) is 1. The molecular formula is C9H7NO5S. The minimum absolute atomic E-state index is 0.108. The van der Waals surface area contributed by atoms with Gasteiger partial charge in [0.1, 0.15) is 0 Å². The number of carboxylic acids is 1. The van der Waals surface area contributed by atoms with Gasteiger partial charge in [-0.1, -0.05) is 0 Å². The van der Waals surface area contributed by atoms with Crippen molar-refractivity contribution >= 4 is 22.5 Å². The molecule has 1 unspecified atom stereocenters. The molecular weight excluding hydrogens is 234 g/mol. The second kappa shape index (κ2) is 5.17. The number of benzene rings is 1. The number of carboxylic acid groups (broad SMARTS) is 1. The highest BCUT2D eigenvalue weighted by Crippen LogP contribution is 2.14. The van der Waals surface area contributed by atoms with Crippen LogP contribution in [0.5, 0.6) is 0 Å². The molecule has 0 aliphatic carbocycles. The number of aliphatic carboxylic acids is 1. The van der Waals surface area contributed by atoms with Crippen LogP contribution in [0.3, 0.4) is 0 Å². The van der Waals surface area contributed by atoms with E-state index in [0.29, 0.717) is 4.90 Å². The van der Waals surface area contributed by atoms with E-state index in [1.807, 2.05) is 0 Å². The SMILES string of the molecule is O=C(O)/C=C\S(=O)c1ccc([N+](=O)[O-])cc1. The first-order valence-electron chi connectivity index (χ1n) is 4.07. The summed E-state index contributed by atoms with van der Waals surface area (Å²) >= 11 is 0. The first-order chi connectivity index (χ1) is 7.50. The molecule has 0 aromatic heterocycles. The number of hydrogen-bond acceptors (Lipinski definition) is 4. The number of carbonyl (C=O) groups is 1. The van der Waals surface area contributed by atoms with E-state index in [1.54, 1.807) is 0 Å². The first kappa shape index (κ1) is 12.1. The van der Waals surface area contributed by atoms with Crippen LogP contribution < -0.4 is 0 Å². The third-order valence-corrected chi connectivity index (χ3v) is 2.73. The maximum absolute atomic E-state index is 11.4. The molecule has 0 saturated carbocycles. The van der Waals surface area contributed by atoms with Crippen molar-refractivity contribution in [1.82, 2.24) is 0 Å². The van der Waals surface area contributed by atoms with Crippen molar-refractivity contribution < 1.29 is 19.0 Å². The van der Waals surface area contributed by atoms with Crippen LogP contribution in [0.15, 0.2) is 40.6 Å². The quantitative estimate of drug-likeness (QED) is 0.486. The summed E-state index contributed by atoms with van der Waals surface area (Å²) in [7, 11) is -1.61. The summed E-state index contributed by atoms with van der Waals surface area (Å²) in [6.45, 7) is 0. The maximum Gasteiger partial charge on any atom is 0.328 e. The van der Waals surface area contributed by atoms with E-state index in [9.17, 15) is 19.1 Å². The summed E-state index contributed by atoms with van der Waals surface area (Å²) in [6, 6.07) is 5.06. The summed E-state index contributed by atoms with van der Waals surface area (Å²) in [5.74, 6) is -1.20. The van der Waals surface area contributed by atoms with Crippen molar-refractivity contribution in [3.8, 4) is 0 Å². The molecule has 16 heavy (non-hydrogen) atoms. The van der Waals surface area contributed by atoms with Crippen molar-refractivity contribution in [1.29, 1.82) is 0 Å². The second-order valence-corrected chi connectivity index (χ2v) is 4.03. The Morgan fingerprint density at radius 3 is 2.38 bits per heavy atom. The van der Waals surface area contributed by atoms with Gasteiger partial charge in [-0.2, -0.15) is 0 Å². The number of nitro benzene ring substituents is 1. The van der Waals surface area contributed by atoms with E-state index in [-0.39, 0.29) is 5.69 Å². The van der Waals surface area contributed by atoms with Gasteiger partial charge in [0.25, 0.3) is 5.69 Å². The van der Waals surface area contributed by atoms with E-state index in [4.69, 9.17) is 5.11 Å². The van der Waals surface area contributed by atoms with Gasteiger partial charge in [-0.25, -0.2) is 9.00 Å².